The summed E-state index contributed by atoms with van der Waals surface area (Å²) >= 11 is 0. The van der Waals surface area contributed by atoms with Gasteiger partial charge in [0.15, 0.2) is 0 Å². The van der Waals surface area contributed by atoms with E-state index in [9.17, 15) is 0 Å². The topological polar surface area (TPSA) is 79.5 Å². The van der Waals surface area contributed by atoms with Crippen molar-refractivity contribution in [1.82, 2.24) is 10.2 Å². The average Bonchev–Trinajstić information content (AvgIpc) is 2.38. The zero-order valence-corrected chi connectivity index (χ0v) is 10.1. The van der Waals surface area contributed by atoms with E-state index in [1.165, 1.54) is 0 Å². The van der Waals surface area contributed by atoms with Gasteiger partial charge in [-0.3, -0.25) is 0 Å². The molecular formula is C11H19N3O3. The minimum Gasteiger partial charge on any atom is -0.474 e. The van der Waals surface area contributed by atoms with Crippen molar-refractivity contribution in [1.29, 1.82) is 0 Å². The Balaban J connectivity index is 2.05. The van der Waals surface area contributed by atoms with Crippen molar-refractivity contribution >= 4 is 0 Å². The van der Waals surface area contributed by atoms with Crippen LogP contribution in [-0.4, -0.2) is 43.7 Å². The molecule has 0 radical (unpaired) electrons. The van der Waals surface area contributed by atoms with Crippen LogP contribution in [0.5, 0.6) is 5.88 Å². The number of hydrogen-bond acceptors (Lipinski definition) is 6. The fourth-order valence-electron chi connectivity index (χ4n) is 1.15. The summed E-state index contributed by atoms with van der Waals surface area (Å²) in [7, 11) is 1.67. The molecule has 0 aliphatic carbocycles. The first-order chi connectivity index (χ1) is 8.36. The van der Waals surface area contributed by atoms with E-state index in [1.54, 1.807) is 19.2 Å². The molecule has 0 spiro atoms. The second-order valence-electron chi connectivity index (χ2n) is 3.37. The summed E-state index contributed by atoms with van der Waals surface area (Å²) in [6, 6.07) is 3.54. The number of nitrogens with two attached hydrogens (primary N) is 1. The molecule has 1 rings (SSSR count). The molecule has 2 N–H and O–H groups in total. The third kappa shape index (κ3) is 6.15. The first-order valence-electron chi connectivity index (χ1n) is 5.59. The van der Waals surface area contributed by atoms with Crippen LogP contribution < -0.4 is 10.5 Å². The molecule has 96 valence electrons. The maximum Gasteiger partial charge on any atom is 0.233 e. The van der Waals surface area contributed by atoms with Gasteiger partial charge in [0.1, 0.15) is 6.61 Å². The summed E-state index contributed by atoms with van der Waals surface area (Å²) in [5.41, 5.74) is 6.15. The van der Waals surface area contributed by atoms with Crippen molar-refractivity contribution in [2.24, 2.45) is 5.73 Å². The van der Waals surface area contributed by atoms with E-state index < -0.39 is 0 Å². The van der Waals surface area contributed by atoms with Gasteiger partial charge in [-0.15, -0.1) is 5.10 Å². The maximum absolute atomic E-state index is 5.41. The summed E-state index contributed by atoms with van der Waals surface area (Å²) in [4.78, 5) is 0. The lowest BCUT2D eigenvalue weighted by atomic mass is 10.4. The molecule has 0 aliphatic heterocycles. The van der Waals surface area contributed by atoms with Gasteiger partial charge < -0.3 is 19.9 Å². The minimum atomic E-state index is 0.385. The number of hydrogen-bond donors (Lipinski definition) is 1. The fraction of sp³-hybridized carbons (Fsp3) is 0.636. The highest BCUT2D eigenvalue weighted by molar-refractivity contribution is 5.10. The predicted molar refractivity (Wildman–Crippen MR) is 62.7 cm³/mol. The molecule has 17 heavy (non-hydrogen) atoms. The Labute approximate surface area is 101 Å². The van der Waals surface area contributed by atoms with Crippen LogP contribution in [-0.2, 0) is 16.0 Å². The van der Waals surface area contributed by atoms with E-state index >= 15 is 0 Å². The Hall–Kier alpha value is -1.24. The predicted octanol–water partition coefficient (Wildman–Crippen LogP) is 0.367. The van der Waals surface area contributed by atoms with Gasteiger partial charge in [0.05, 0.1) is 12.3 Å². The number of nitrogens with zero attached hydrogens (tertiary/aromatic N) is 2. The molecule has 6 heteroatoms. The molecule has 0 unspecified atom stereocenters. The number of ether oxygens (including phenoxy) is 3. The Kier molecular flexibility index (Phi) is 7.20. The lowest BCUT2D eigenvalue weighted by Crippen LogP contribution is -2.10. The van der Waals surface area contributed by atoms with E-state index in [0.29, 0.717) is 38.9 Å². The molecule has 0 fully saturated rings. The highest BCUT2D eigenvalue weighted by atomic mass is 16.5. The number of rotatable bonds is 9. The molecule has 1 aromatic rings. The van der Waals surface area contributed by atoms with Gasteiger partial charge in [0, 0.05) is 32.9 Å². The van der Waals surface area contributed by atoms with Crippen LogP contribution in [0.25, 0.3) is 0 Å². The molecule has 0 saturated carbocycles. The van der Waals surface area contributed by atoms with Gasteiger partial charge in [-0.05, 0) is 12.5 Å². The highest BCUT2D eigenvalue weighted by Crippen LogP contribution is 2.03. The molecule has 0 aromatic carbocycles. The lowest BCUT2D eigenvalue weighted by molar-refractivity contribution is 0.0793. The van der Waals surface area contributed by atoms with Gasteiger partial charge in [-0.25, -0.2) is 0 Å². The third-order valence-electron chi connectivity index (χ3n) is 2.02. The number of aromatic nitrogens is 2. The fourth-order valence-corrected chi connectivity index (χ4v) is 1.15. The van der Waals surface area contributed by atoms with Crippen LogP contribution in [0.15, 0.2) is 12.1 Å². The summed E-state index contributed by atoms with van der Waals surface area (Å²) in [6.45, 7) is 2.77. The Morgan fingerprint density at radius 3 is 2.65 bits per heavy atom. The summed E-state index contributed by atoms with van der Waals surface area (Å²) in [5.74, 6) is 0.489. The SMILES string of the molecule is COCCCOCCOc1ccc(CN)nn1. The first-order valence-corrected chi connectivity index (χ1v) is 5.59. The molecule has 1 aromatic heterocycles. The van der Waals surface area contributed by atoms with Crippen LogP contribution >= 0.6 is 0 Å². The van der Waals surface area contributed by atoms with Crippen LogP contribution in [0.4, 0.5) is 0 Å². The van der Waals surface area contributed by atoms with Crippen molar-refractivity contribution in [3.8, 4) is 5.88 Å². The minimum absolute atomic E-state index is 0.385. The summed E-state index contributed by atoms with van der Waals surface area (Å²) in [5, 5.41) is 7.75. The van der Waals surface area contributed by atoms with Gasteiger partial charge in [-0.2, -0.15) is 5.10 Å². The van der Waals surface area contributed by atoms with Crippen molar-refractivity contribution in [3.05, 3.63) is 17.8 Å². The molecule has 0 amide bonds. The molecular weight excluding hydrogens is 222 g/mol. The van der Waals surface area contributed by atoms with Crippen molar-refractivity contribution in [2.75, 3.05) is 33.5 Å². The normalized spacial score (nSPS) is 10.5. The van der Waals surface area contributed by atoms with Crippen molar-refractivity contribution < 1.29 is 14.2 Å². The van der Waals surface area contributed by atoms with E-state index in [1.807, 2.05) is 0 Å². The first kappa shape index (κ1) is 13.8. The van der Waals surface area contributed by atoms with Gasteiger partial charge >= 0.3 is 0 Å². The molecule has 1 heterocycles. The van der Waals surface area contributed by atoms with Gasteiger partial charge in [-0.1, -0.05) is 0 Å². The molecule has 0 aliphatic rings. The number of methoxy groups -OCH3 is 1. The zero-order valence-electron chi connectivity index (χ0n) is 10.1. The van der Waals surface area contributed by atoms with Crippen molar-refractivity contribution in [2.45, 2.75) is 13.0 Å². The van der Waals surface area contributed by atoms with Gasteiger partial charge in [0.25, 0.3) is 0 Å². The van der Waals surface area contributed by atoms with Gasteiger partial charge in [0.2, 0.25) is 5.88 Å². The Bertz CT molecular complexity index is 293. The lowest BCUT2D eigenvalue weighted by Gasteiger charge is -2.06. The van der Waals surface area contributed by atoms with E-state index in [2.05, 4.69) is 10.2 Å². The molecule has 0 saturated heterocycles. The van der Waals surface area contributed by atoms with Crippen molar-refractivity contribution in [3.63, 3.8) is 0 Å². The zero-order chi connectivity index (χ0) is 12.3. The van der Waals surface area contributed by atoms with E-state index in [-0.39, 0.29) is 0 Å². The third-order valence-corrected chi connectivity index (χ3v) is 2.02. The second-order valence-corrected chi connectivity index (χ2v) is 3.37. The summed E-state index contributed by atoms with van der Waals surface area (Å²) < 4.78 is 15.6. The van der Waals surface area contributed by atoms with Crippen LogP contribution in [0, 0.1) is 0 Å². The Morgan fingerprint density at radius 1 is 1.12 bits per heavy atom. The standard InChI is InChI=1S/C11H19N3O3/c1-15-5-2-6-16-7-8-17-11-4-3-10(9-12)13-14-11/h3-4H,2,5-9,12H2,1H3. The van der Waals surface area contributed by atoms with E-state index in [4.69, 9.17) is 19.9 Å². The van der Waals surface area contributed by atoms with Crippen LogP contribution in [0.3, 0.4) is 0 Å². The molecule has 0 atom stereocenters. The monoisotopic (exact) mass is 241 g/mol. The average molecular weight is 241 g/mol. The van der Waals surface area contributed by atoms with E-state index in [0.717, 1.165) is 12.1 Å². The highest BCUT2D eigenvalue weighted by Gasteiger charge is 1.97. The van der Waals surface area contributed by atoms with Crippen LogP contribution in [0.1, 0.15) is 12.1 Å². The summed E-state index contributed by atoms with van der Waals surface area (Å²) in [6.07, 6.45) is 0.890. The largest absolute Gasteiger partial charge is 0.474 e. The molecule has 6 nitrogen and oxygen atoms in total. The molecule has 0 bridgehead atoms. The smallest absolute Gasteiger partial charge is 0.233 e. The Morgan fingerprint density at radius 2 is 2.00 bits per heavy atom. The second kappa shape index (κ2) is 8.86. The quantitative estimate of drug-likeness (QED) is 0.629. The maximum atomic E-state index is 5.41. The van der Waals surface area contributed by atoms with Crippen LogP contribution in [0.2, 0.25) is 0 Å².